The van der Waals surface area contributed by atoms with Crippen LogP contribution in [0.5, 0.6) is 0 Å². The van der Waals surface area contributed by atoms with E-state index in [1.165, 1.54) is 5.56 Å². The van der Waals surface area contributed by atoms with Crippen molar-refractivity contribution >= 4 is 17.3 Å². The lowest BCUT2D eigenvalue weighted by atomic mass is 10.0. The summed E-state index contributed by atoms with van der Waals surface area (Å²) in [6, 6.07) is 24.1. The highest BCUT2D eigenvalue weighted by Crippen LogP contribution is 2.24. The first-order valence-electron chi connectivity index (χ1n) is 9.98. The van der Waals surface area contributed by atoms with E-state index in [1.54, 1.807) is 7.11 Å². The topological polar surface area (TPSA) is 41.6 Å². The number of carbonyl (C=O) groups is 1. The third-order valence-corrected chi connectivity index (χ3v) is 5.50. The SMILES string of the molecule is COC1CCN(c2ccc(NC(=O)c3ccc(-c4ccc(C)cc4)cc3)cc2)C1. The lowest BCUT2D eigenvalue weighted by Crippen LogP contribution is -2.22. The molecule has 4 nitrogen and oxygen atoms in total. The van der Waals surface area contributed by atoms with Gasteiger partial charge in [0.1, 0.15) is 0 Å². The largest absolute Gasteiger partial charge is 0.380 e. The summed E-state index contributed by atoms with van der Waals surface area (Å²) in [5.74, 6) is -0.103. The van der Waals surface area contributed by atoms with Crippen LogP contribution < -0.4 is 10.2 Å². The summed E-state index contributed by atoms with van der Waals surface area (Å²) in [6.45, 7) is 3.98. The molecule has 1 saturated heterocycles. The maximum atomic E-state index is 12.6. The first-order chi connectivity index (χ1) is 14.1. The summed E-state index contributed by atoms with van der Waals surface area (Å²) in [6.07, 6.45) is 1.35. The Bertz CT molecular complexity index is 963. The lowest BCUT2D eigenvalue weighted by Gasteiger charge is -2.18. The second-order valence-electron chi connectivity index (χ2n) is 7.54. The zero-order valence-corrected chi connectivity index (χ0v) is 16.9. The average Bonchev–Trinajstić information content (AvgIpc) is 3.24. The van der Waals surface area contributed by atoms with Gasteiger partial charge in [0.05, 0.1) is 6.10 Å². The van der Waals surface area contributed by atoms with Gasteiger partial charge in [-0.3, -0.25) is 4.79 Å². The molecule has 148 valence electrons. The summed E-state index contributed by atoms with van der Waals surface area (Å²) in [7, 11) is 1.76. The van der Waals surface area contributed by atoms with Crippen molar-refractivity contribution in [3.8, 4) is 11.1 Å². The van der Waals surface area contributed by atoms with Gasteiger partial charge in [-0.05, 0) is 60.9 Å². The van der Waals surface area contributed by atoms with Crippen LogP contribution in [0.4, 0.5) is 11.4 Å². The molecule has 3 aromatic carbocycles. The average molecular weight is 386 g/mol. The molecule has 1 aliphatic heterocycles. The Labute approximate surface area is 172 Å². The van der Waals surface area contributed by atoms with Crippen LogP contribution in [0.15, 0.2) is 72.8 Å². The van der Waals surface area contributed by atoms with Gasteiger partial charge in [0.25, 0.3) is 5.91 Å². The van der Waals surface area contributed by atoms with Crippen molar-refractivity contribution in [2.24, 2.45) is 0 Å². The van der Waals surface area contributed by atoms with Crippen LogP contribution in [0.2, 0.25) is 0 Å². The van der Waals surface area contributed by atoms with Crippen molar-refractivity contribution in [1.29, 1.82) is 0 Å². The number of anilines is 2. The number of hydrogen-bond acceptors (Lipinski definition) is 3. The van der Waals surface area contributed by atoms with Crippen LogP contribution in [-0.4, -0.2) is 32.2 Å². The number of nitrogens with one attached hydrogen (secondary N) is 1. The molecular formula is C25H26N2O2. The molecule has 0 aliphatic carbocycles. The second-order valence-corrected chi connectivity index (χ2v) is 7.54. The molecule has 4 heteroatoms. The molecule has 1 fully saturated rings. The second kappa shape index (κ2) is 8.50. The first-order valence-corrected chi connectivity index (χ1v) is 9.98. The molecule has 29 heavy (non-hydrogen) atoms. The standard InChI is InChI=1S/C25H26N2O2/c1-18-3-5-19(6-4-18)20-7-9-21(10-8-20)25(28)26-22-11-13-23(14-12-22)27-16-15-24(17-27)29-2/h3-14,24H,15-17H2,1-2H3,(H,26,28). The zero-order chi connectivity index (χ0) is 20.2. The van der Waals surface area contributed by atoms with Gasteiger partial charge in [-0.2, -0.15) is 0 Å². The van der Waals surface area contributed by atoms with Crippen LogP contribution in [0.25, 0.3) is 11.1 Å². The summed E-state index contributed by atoms with van der Waals surface area (Å²) >= 11 is 0. The Kier molecular flexibility index (Phi) is 5.63. The van der Waals surface area contributed by atoms with E-state index in [0.29, 0.717) is 11.7 Å². The van der Waals surface area contributed by atoms with Crippen LogP contribution in [-0.2, 0) is 4.74 Å². The van der Waals surface area contributed by atoms with E-state index < -0.39 is 0 Å². The predicted octanol–water partition coefficient (Wildman–Crippen LogP) is 5.14. The van der Waals surface area contributed by atoms with Gasteiger partial charge in [0.2, 0.25) is 0 Å². The Morgan fingerprint density at radius 3 is 2.14 bits per heavy atom. The van der Waals surface area contributed by atoms with Crippen molar-refractivity contribution in [2.45, 2.75) is 19.4 Å². The van der Waals surface area contributed by atoms with Gasteiger partial charge in [0, 0.05) is 37.1 Å². The molecular weight excluding hydrogens is 360 g/mol. The zero-order valence-electron chi connectivity index (χ0n) is 16.9. The fourth-order valence-electron chi connectivity index (χ4n) is 3.67. The van der Waals surface area contributed by atoms with Crippen LogP contribution in [0.1, 0.15) is 22.3 Å². The summed E-state index contributed by atoms with van der Waals surface area (Å²) in [5, 5.41) is 2.98. The van der Waals surface area contributed by atoms with Crippen molar-refractivity contribution in [3.63, 3.8) is 0 Å². The monoisotopic (exact) mass is 386 g/mol. The Hall–Kier alpha value is -3.11. The molecule has 3 aromatic rings. The van der Waals surface area contributed by atoms with Crippen molar-refractivity contribution < 1.29 is 9.53 Å². The summed E-state index contributed by atoms with van der Waals surface area (Å²) in [4.78, 5) is 14.9. The highest BCUT2D eigenvalue weighted by molar-refractivity contribution is 6.04. The van der Waals surface area contributed by atoms with Crippen LogP contribution in [0.3, 0.4) is 0 Å². The van der Waals surface area contributed by atoms with E-state index in [9.17, 15) is 4.79 Å². The third-order valence-electron chi connectivity index (χ3n) is 5.50. The van der Waals surface area contributed by atoms with E-state index in [1.807, 2.05) is 48.5 Å². The molecule has 1 atom stereocenters. The van der Waals surface area contributed by atoms with Crippen molar-refractivity contribution in [3.05, 3.63) is 83.9 Å². The third kappa shape index (κ3) is 4.49. The Morgan fingerprint density at radius 1 is 0.931 bits per heavy atom. The number of amides is 1. The smallest absolute Gasteiger partial charge is 0.255 e. The lowest BCUT2D eigenvalue weighted by molar-refractivity contribution is 0.102. The number of nitrogens with zero attached hydrogens (tertiary/aromatic N) is 1. The fraction of sp³-hybridized carbons (Fsp3) is 0.240. The number of hydrogen-bond donors (Lipinski definition) is 1. The molecule has 0 spiro atoms. The normalized spacial score (nSPS) is 16.1. The minimum Gasteiger partial charge on any atom is -0.380 e. The molecule has 1 amide bonds. The molecule has 0 radical (unpaired) electrons. The van der Waals surface area contributed by atoms with E-state index in [4.69, 9.17) is 4.74 Å². The first kappa shape index (κ1) is 19.2. The summed E-state index contributed by atoms with van der Waals surface area (Å²) < 4.78 is 5.43. The Balaban J connectivity index is 1.39. The van der Waals surface area contributed by atoms with Crippen LogP contribution >= 0.6 is 0 Å². The fourth-order valence-corrected chi connectivity index (χ4v) is 3.67. The maximum Gasteiger partial charge on any atom is 0.255 e. The van der Waals surface area contributed by atoms with E-state index in [-0.39, 0.29) is 5.91 Å². The number of aryl methyl sites for hydroxylation is 1. The highest BCUT2D eigenvalue weighted by Gasteiger charge is 2.22. The quantitative estimate of drug-likeness (QED) is 0.660. The number of ether oxygens (including phenoxy) is 1. The number of carbonyl (C=O) groups excluding carboxylic acids is 1. The molecule has 1 heterocycles. The molecule has 0 bridgehead atoms. The van der Waals surface area contributed by atoms with Gasteiger partial charge in [0.15, 0.2) is 0 Å². The minimum absolute atomic E-state index is 0.103. The van der Waals surface area contributed by atoms with E-state index >= 15 is 0 Å². The van der Waals surface area contributed by atoms with Gasteiger partial charge in [-0.1, -0.05) is 42.0 Å². The van der Waals surface area contributed by atoms with Gasteiger partial charge >= 0.3 is 0 Å². The van der Waals surface area contributed by atoms with Gasteiger partial charge in [-0.15, -0.1) is 0 Å². The molecule has 1 unspecified atom stereocenters. The highest BCUT2D eigenvalue weighted by atomic mass is 16.5. The predicted molar refractivity (Wildman–Crippen MR) is 119 cm³/mol. The number of rotatable bonds is 5. The van der Waals surface area contributed by atoms with Crippen molar-refractivity contribution in [2.75, 3.05) is 30.4 Å². The molecule has 0 saturated carbocycles. The van der Waals surface area contributed by atoms with Gasteiger partial charge < -0.3 is 15.0 Å². The van der Waals surface area contributed by atoms with Gasteiger partial charge in [-0.25, -0.2) is 0 Å². The maximum absolute atomic E-state index is 12.6. The van der Waals surface area contributed by atoms with Crippen LogP contribution in [0, 0.1) is 6.92 Å². The molecule has 1 aliphatic rings. The number of methoxy groups -OCH3 is 1. The van der Waals surface area contributed by atoms with Crippen molar-refractivity contribution in [1.82, 2.24) is 0 Å². The molecule has 0 aromatic heterocycles. The number of benzene rings is 3. The van der Waals surface area contributed by atoms with E-state index in [2.05, 4.69) is 41.4 Å². The van der Waals surface area contributed by atoms with E-state index in [0.717, 1.165) is 42.0 Å². The Morgan fingerprint density at radius 2 is 1.55 bits per heavy atom. The minimum atomic E-state index is -0.103. The molecule has 4 rings (SSSR count). The molecule has 1 N–H and O–H groups in total. The summed E-state index contributed by atoms with van der Waals surface area (Å²) in [5.41, 5.74) is 6.09.